The quantitative estimate of drug-likeness (QED) is 0.193. The van der Waals surface area contributed by atoms with Crippen LogP contribution in [0, 0.1) is 0 Å². The van der Waals surface area contributed by atoms with Gasteiger partial charge in [-0.1, -0.05) is 29.8 Å². The molecule has 14 heteroatoms. The number of amides is 1. The Morgan fingerprint density at radius 2 is 1.70 bits per heavy atom. The van der Waals surface area contributed by atoms with E-state index in [-0.39, 0.29) is 36.1 Å². The van der Waals surface area contributed by atoms with Crippen LogP contribution >= 0.6 is 22.9 Å². The lowest BCUT2D eigenvalue weighted by Gasteiger charge is -2.27. The summed E-state index contributed by atoms with van der Waals surface area (Å²) in [4.78, 5) is 47.5. The van der Waals surface area contributed by atoms with Crippen LogP contribution < -0.4 is 10.9 Å². The molecule has 0 aliphatic carbocycles. The van der Waals surface area contributed by atoms with Gasteiger partial charge in [-0.3, -0.25) is 23.9 Å². The highest BCUT2D eigenvalue weighted by molar-refractivity contribution is 7.16. The highest BCUT2D eigenvalue weighted by Crippen LogP contribution is 2.33. The van der Waals surface area contributed by atoms with E-state index in [0.29, 0.717) is 28.8 Å². The van der Waals surface area contributed by atoms with Gasteiger partial charge in [0.25, 0.3) is 11.5 Å². The normalized spacial score (nSPS) is 13.5. The Labute approximate surface area is 276 Å². The van der Waals surface area contributed by atoms with Gasteiger partial charge in [0.05, 0.1) is 39.1 Å². The number of rotatable bonds is 8. The second kappa shape index (κ2) is 13.5. The molecule has 9 nitrogen and oxygen atoms in total. The van der Waals surface area contributed by atoms with Gasteiger partial charge in [-0.2, -0.15) is 23.0 Å². The maximum absolute atomic E-state index is 13.9. The van der Waals surface area contributed by atoms with Crippen LogP contribution in [0.3, 0.4) is 0 Å². The van der Waals surface area contributed by atoms with Crippen molar-refractivity contribution >= 4 is 40.6 Å². The van der Waals surface area contributed by atoms with Crippen molar-refractivity contribution in [2.75, 3.05) is 18.4 Å². The van der Waals surface area contributed by atoms with Crippen molar-refractivity contribution in [3.05, 3.63) is 110 Å². The molecule has 1 aliphatic heterocycles. The first-order chi connectivity index (χ1) is 22.6. The molecule has 47 heavy (non-hydrogen) atoms. The zero-order valence-corrected chi connectivity index (χ0v) is 26.4. The number of benzene rings is 1. The molecule has 1 saturated heterocycles. The number of likely N-dealkylation sites (tertiary alicyclic amines) is 1. The Kier molecular flexibility index (Phi) is 9.28. The van der Waals surface area contributed by atoms with Crippen molar-refractivity contribution in [2.45, 2.75) is 38.5 Å². The molecular weight excluding hydrogens is 653 g/mol. The molecule has 1 aliphatic rings. The Bertz CT molecular complexity index is 1980. The van der Waals surface area contributed by atoms with E-state index < -0.39 is 28.8 Å². The lowest BCUT2D eigenvalue weighted by molar-refractivity contribution is -0.138. The summed E-state index contributed by atoms with van der Waals surface area (Å²) in [5, 5.41) is 7.49. The molecule has 0 unspecified atom stereocenters. The number of carbonyl (C=O) groups is 2. The summed E-state index contributed by atoms with van der Waals surface area (Å²) in [5.74, 6) is -1.09. The van der Waals surface area contributed by atoms with Crippen LogP contribution in [-0.2, 0) is 24.1 Å². The number of hydrogen-bond donors (Lipinski definition) is 1. The highest BCUT2D eigenvalue weighted by atomic mass is 35.5. The molecule has 1 aromatic carbocycles. The number of nitrogens with one attached hydrogen (secondary N) is 1. The summed E-state index contributed by atoms with van der Waals surface area (Å²) in [7, 11) is 0. The van der Waals surface area contributed by atoms with E-state index in [1.807, 2.05) is 0 Å². The van der Waals surface area contributed by atoms with E-state index >= 15 is 0 Å². The molecule has 5 heterocycles. The molecule has 6 rings (SSSR count). The number of piperidine rings is 1. The third-order valence-electron chi connectivity index (χ3n) is 7.79. The zero-order chi connectivity index (χ0) is 33.1. The minimum atomic E-state index is -4.78. The second-order valence-electron chi connectivity index (χ2n) is 10.9. The van der Waals surface area contributed by atoms with Crippen LogP contribution in [0.25, 0.3) is 22.6 Å². The van der Waals surface area contributed by atoms with E-state index in [2.05, 4.69) is 15.4 Å². The van der Waals surface area contributed by atoms with Gasteiger partial charge in [0.1, 0.15) is 12.4 Å². The number of anilines is 1. The van der Waals surface area contributed by atoms with Crippen molar-refractivity contribution in [3.8, 4) is 22.6 Å². The lowest BCUT2D eigenvalue weighted by atomic mass is 10.1. The molecule has 0 bridgehead atoms. The monoisotopic (exact) mass is 680 g/mol. The second-order valence-corrected chi connectivity index (χ2v) is 12.7. The third kappa shape index (κ3) is 7.15. The molecule has 0 saturated carbocycles. The number of nitrogens with zero attached hydrogens (tertiary/aromatic N) is 5. The molecule has 0 radical (unpaired) electrons. The van der Waals surface area contributed by atoms with E-state index in [4.69, 9.17) is 11.6 Å². The average molecular weight is 681 g/mol. The van der Waals surface area contributed by atoms with Crippen molar-refractivity contribution in [1.82, 2.24) is 24.2 Å². The Balaban J connectivity index is 1.43. The fourth-order valence-electron chi connectivity index (χ4n) is 5.47. The number of alkyl halides is 3. The molecule has 5 aromatic rings. The molecular formula is C33H28ClF3N6O3S. The summed E-state index contributed by atoms with van der Waals surface area (Å²) < 4.78 is 44.4. The molecule has 0 spiro atoms. The van der Waals surface area contributed by atoms with Gasteiger partial charge in [-0.05, 0) is 61.7 Å². The number of pyridine rings is 2. The van der Waals surface area contributed by atoms with Crippen molar-refractivity contribution in [1.29, 1.82) is 0 Å². The Morgan fingerprint density at radius 1 is 0.936 bits per heavy atom. The highest BCUT2D eigenvalue weighted by Gasteiger charge is 2.36. The summed E-state index contributed by atoms with van der Waals surface area (Å²) in [5.41, 5.74) is -0.966. The smallest absolute Gasteiger partial charge is 0.365 e. The number of aromatic nitrogens is 4. The van der Waals surface area contributed by atoms with E-state index in [1.54, 1.807) is 47.5 Å². The first kappa shape index (κ1) is 32.2. The van der Waals surface area contributed by atoms with Gasteiger partial charge in [0.2, 0.25) is 5.91 Å². The molecule has 1 amide bonds. The fourth-order valence-corrected chi connectivity index (χ4v) is 6.50. The number of thiophene rings is 1. The van der Waals surface area contributed by atoms with Crippen LogP contribution in [0.15, 0.2) is 83.8 Å². The van der Waals surface area contributed by atoms with Crippen molar-refractivity contribution < 1.29 is 22.8 Å². The summed E-state index contributed by atoms with van der Waals surface area (Å²) >= 11 is 7.37. The molecule has 1 N–H and O–H groups in total. The first-order valence-corrected chi connectivity index (χ1v) is 16.0. The SMILES string of the molecule is O=C(Cn1c(-c2ccccn2)cc(-c2cc(NCc3ccc(Cl)s3)n(C(=O)c3ccccc3C(F)(F)F)n2)cc1=O)N1CCCCC1. The third-order valence-corrected chi connectivity index (χ3v) is 9.02. The van der Waals surface area contributed by atoms with Gasteiger partial charge < -0.3 is 10.2 Å². The number of carbonyl (C=O) groups excluding carboxylic acids is 2. The summed E-state index contributed by atoms with van der Waals surface area (Å²) in [6.45, 7) is 1.26. The van der Waals surface area contributed by atoms with Crippen LogP contribution in [0.5, 0.6) is 0 Å². The summed E-state index contributed by atoms with van der Waals surface area (Å²) in [6, 6.07) is 17.6. The number of halogens is 4. The largest absolute Gasteiger partial charge is 0.417 e. The standard InChI is InChI=1S/C33H28ClF3N6O3S/c34-28-12-11-22(47-28)19-39-29-18-26(40-43(29)32(46)23-8-2-3-9-24(23)33(35,36)37)21-16-27(25-10-4-5-13-38-25)42(30(44)17-21)20-31(45)41-14-6-1-7-15-41/h2-5,8-13,16-18,39H,1,6-7,14-15,19-20H2. The van der Waals surface area contributed by atoms with E-state index in [9.17, 15) is 27.6 Å². The minimum Gasteiger partial charge on any atom is -0.365 e. The van der Waals surface area contributed by atoms with E-state index in [0.717, 1.165) is 41.0 Å². The van der Waals surface area contributed by atoms with Crippen molar-refractivity contribution in [3.63, 3.8) is 0 Å². The molecule has 0 atom stereocenters. The van der Waals surface area contributed by atoms with Gasteiger partial charge in [0, 0.05) is 41.9 Å². The predicted molar refractivity (Wildman–Crippen MR) is 173 cm³/mol. The zero-order valence-electron chi connectivity index (χ0n) is 24.8. The molecule has 1 fully saturated rings. The Hall–Kier alpha value is -4.75. The van der Waals surface area contributed by atoms with Gasteiger partial charge in [-0.15, -0.1) is 11.3 Å². The first-order valence-electron chi connectivity index (χ1n) is 14.8. The minimum absolute atomic E-state index is 0.107. The maximum Gasteiger partial charge on any atom is 0.417 e. The topological polar surface area (TPSA) is 102 Å². The number of hydrogen-bond acceptors (Lipinski definition) is 7. The van der Waals surface area contributed by atoms with E-state index in [1.165, 1.54) is 40.2 Å². The van der Waals surface area contributed by atoms with Gasteiger partial charge in [-0.25, -0.2) is 0 Å². The van der Waals surface area contributed by atoms with Crippen LogP contribution in [0.1, 0.15) is 40.1 Å². The predicted octanol–water partition coefficient (Wildman–Crippen LogP) is 6.82. The lowest BCUT2D eigenvalue weighted by Crippen LogP contribution is -2.39. The maximum atomic E-state index is 13.9. The summed E-state index contributed by atoms with van der Waals surface area (Å²) in [6.07, 6.45) is -0.369. The van der Waals surface area contributed by atoms with Crippen molar-refractivity contribution in [2.24, 2.45) is 0 Å². The Morgan fingerprint density at radius 3 is 2.40 bits per heavy atom. The van der Waals surface area contributed by atoms with Gasteiger partial charge in [0.15, 0.2) is 0 Å². The average Bonchev–Trinajstić information content (AvgIpc) is 3.70. The van der Waals surface area contributed by atoms with Crippen LogP contribution in [0.2, 0.25) is 4.34 Å². The molecule has 242 valence electrons. The van der Waals surface area contributed by atoms with Gasteiger partial charge >= 0.3 is 6.18 Å². The fraction of sp³-hybridized carbons (Fsp3) is 0.242. The molecule has 4 aromatic heterocycles. The van der Waals surface area contributed by atoms with Crippen LogP contribution in [0.4, 0.5) is 19.0 Å². The van der Waals surface area contributed by atoms with Crippen LogP contribution in [-0.4, -0.2) is 49.1 Å².